The highest BCUT2D eigenvalue weighted by atomic mass is 16.5. The van der Waals surface area contributed by atoms with Crippen molar-refractivity contribution in [2.45, 2.75) is 25.3 Å². The summed E-state index contributed by atoms with van der Waals surface area (Å²) >= 11 is 0. The van der Waals surface area contributed by atoms with E-state index < -0.39 is 0 Å². The number of nitrogens with two attached hydrogens (primary N) is 1. The molecule has 2 atom stereocenters. The first-order valence-corrected chi connectivity index (χ1v) is 6.90. The number of hydrogen-bond donors (Lipinski definition) is 1. The van der Waals surface area contributed by atoms with Crippen LogP contribution in [0.1, 0.15) is 24.8 Å². The topological polar surface area (TPSA) is 47.7 Å². The molecule has 0 bridgehead atoms. The Kier molecular flexibility index (Phi) is 4.66. The van der Waals surface area contributed by atoms with Crippen molar-refractivity contribution >= 4 is 0 Å². The number of methoxy groups -OCH3 is 1. The molecule has 0 radical (unpaired) electrons. The van der Waals surface area contributed by atoms with Crippen LogP contribution in [0.4, 0.5) is 0 Å². The van der Waals surface area contributed by atoms with E-state index in [1.807, 2.05) is 13.0 Å². The van der Waals surface area contributed by atoms with E-state index in [-0.39, 0.29) is 6.04 Å². The Labute approximate surface area is 115 Å². The molecule has 4 nitrogen and oxygen atoms in total. The molecule has 0 saturated carbocycles. The number of benzene rings is 1. The molecule has 106 valence electrons. The second-order valence-electron chi connectivity index (χ2n) is 5.16. The fraction of sp³-hybridized carbons (Fsp3) is 0.600. The van der Waals surface area contributed by atoms with Crippen LogP contribution >= 0.6 is 0 Å². The van der Waals surface area contributed by atoms with Gasteiger partial charge in [-0.1, -0.05) is 6.07 Å². The maximum Gasteiger partial charge on any atom is 0.161 e. The van der Waals surface area contributed by atoms with Gasteiger partial charge in [0.15, 0.2) is 11.5 Å². The summed E-state index contributed by atoms with van der Waals surface area (Å²) in [7, 11) is 3.81. The molecule has 1 aliphatic heterocycles. The Bertz CT molecular complexity index is 423. The molecule has 1 aromatic rings. The number of rotatable bonds is 4. The van der Waals surface area contributed by atoms with E-state index in [2.05, 4.69) is 24.1 Å². The monoisotopic (exact) mass is 264 g/mol. The first-order chi connectivity index (χ1) is 9.15. The average Bonchev–Trinajstić information content (AvgIpc) is 2.42. The van der Waals surface area contributed by atoms with E-state index in [0.29, 0.717) is 12.5 Å². The van der Waals surface area contributed by atoms with Gasteiger partial charge in [-0.25, -0.2) is 0 Å². The normalized spacial score (nSPS) is 24.2. The van der Waals surface area contributed by atoms with Gasteiger partial charge in [0.1, 0.15) is 0 Å². The van der Waals surface area contributed by atoms with Gasteiger partial charge < -0.3 is 20.1 Å². The SMILES string of the molecule is CCOc1cc([C@H]2CN(C)CC[C@H]2N)ccc1OC. The number of likely N-dealkylation sites (tertiary alicyclic amines) is 1. The van der Waals surface area contributed by atoms with Crippen LogP contribution in [0.5, 0.6) is 11.5 Å². The van der Waals surface area contributed by atoms with Gasteiger partial charge in [-0.3, -0.25) is 0 Å². The standard InChI is InChI=1S/C15H24N2O2/c1-4-19-15-9-11(5-6-14(15)18-3)12-10-17(2)8-7-13(12)16/h5-6,9,12-13H,4,7-8,10,16H2,1-3H3/t12-,13-/m1/s1. The number of hydrogen-bond acceptors (Lipinski definition) is 4. The Hall–Kier alpha value is -1.26. The molecule has 2 N–H and O–H groups in total. The molecule has 2 rings (SSSR count). The van der Waals surface area contributed by atoms with Crippen LogP contribution in [0.3, 0.4) is 0 Å². The molecule has 0 aromatic heterocycles. The van der Waals surface area contributed by atoms with E-state index in [1.54, 1.807) is 7.11 Å². The molecular formula is C15H24N2O2. The molecule has 1 fully saturated rings. The van der Waals surface area contributed by atoms with Crippen molar-refractivity contribution in [1.82, 2.24) is 4.90 Å². The fourth-order valence-corrected chi connectivity index (χ4v) is 2.68. The maximum absolute atomic E-state index is 6.27. The highest BCUT2D eigenvalue weighted by molar-refractivity contribution is 5.44. The zero-order valence-corrected chi connectivity index (χ0v) is 12.1. The van der Waals surface area contributed by atoms with E-state index in [9.17, 15) is 0 Å². The third-order valence-corrected chi connectivity index (χ3v) is 3.79. The van der Waals surface area contributed by atoms with Crippen LogP contribution in [0.15, 0.2) is 18.2 Å². The Morgan fingerprint density at radius 2 is 2.16 bits per heavy atom. The molecule has 4 heteroatoms. The lowest BCUT2D eigenvalue weighted by atomic mass is 9.86. The molecule has 19 heavy (non-hydrogen) atoms. The molecule has 1 aromatic carbocycles. The lowest BCUT2D eigenvalue weighted by Crippen LogP contribution is -2.44. The summed E-state index contributed by atoms with van der Waals surface area (Å²) in [6, 6.07) is 6.37. The Morgan fingerprint density at radius 1 is 1.37 bits per heavy atom. The van der Waals surface area contributed by atoms with Crippen LogP contribution in [-0.2, 0) is 0 Å². The third-order valence-electron chi connectivity index (χ3n) is 3.79. The average molecular weight is 264 g/mol. The summed E-state index contributed by atoms with van der Waals surface area (Å²) in [4.78, 5) is 2.33. The molecular weight excluding hydrogens is 240 g/mol. The molecule has 0 unspecified atom stereocenters. The first-order valence-electron chi connectivity index (χ1n) is 6.90. The van der Waals surface area contributed by atoms with Gasteiger partial charge in [0.2, 0.25) is 0 Å². The van der Waals surface area contributed by atoms with Crippen molar-refractivity contribution in [1.29, 1.82) is 0 Å². The highest BCUT2D eigenvalue weighted by Gasteiger charge is 2.26. The van der Waals surface area contributed by atoms with E-state index in [1.165, 1.54) is 5.56 Å². The van der Waals surface area contributed by atoms with Gasteiger partial charge in [0, 0.05) is 18.5 Å². The van der Waals surface area contributed by atoms with Crippen LogP contribution < -0.4 is 15.2 Å². The minimum absolute atomic E-state index is 0.221. The van der Waals surface area contributed by atoms with E-state index >= 15 is 0 Å². The predicted molar refractivity (Wildman–Crippen MR) is 77.0 cm³/mol. The van der Waals surface area contributed by atoms with Crippen molar-refractivity contribution < 1.29 is 9.47 Å². The molecule has 0 aliphatic carbocycles. The van der Waals surface area contributed by atoms with Crippen LogP contribution in [0, 0.1) is 0 Å². The summed E-state index contributed by atoms with van der Waals surface area (Å²) in [6.07, 6.45) is 1.04. The van der Waals surface area contributed by atoms with Gasteiger partial charge in [0.25, 0.3) is 0 Å². The van der Waals surface area contributed by atoms with Gasteiger partial charge in [-0.05, 0) is 44.6 Å². The van der Waals surface area contributed by atoms with Crippen LogP contribution in [-0.4, -0.2) is 44.8 Å². The summed E-state index contributed by atoms with van der Waals surface area (Å²) < 4.78 is 11.0. The summed E-state index contributed by atoms with van der Waals surface area (Å²) in [5.74, 6) is 1.95. The predicted octanol–water partition coefficient (Wildman–Crippen LogP) is 1.84. The van der Waals surface area contributed by atoms with Gasteiger partial charge in [-0.15, -0.1) is 0 Å². The van der Waals surface area contributed by atoms with Crippen LogP contribution in [0.2, 0.25) is 0 Å². The lowest BCUT2D eigenvalue weighted by molar-refractivity contribution is 0.227. The largest absolute Gasteiger partial charge is 0.493 e. The van der Waals surface area contributed by atoms with Crippen molar-refractivity contribution in [2.24, 2.45) is 5.73 Å². The highest BCUT2D eigenvalue weighted by Crippen LogP contribution is 2.33. The Morgan fingerprint density at radius 3 is 2.84 bits per heavy atom. The van der Waals surface area contributed by atoms with Crippen molar-refractivity contribution in [3.63, 3.8) is 0 Å². The number of likely N-dealkylation sites (N-methyl/N-ethyl adjacent to an activating group) is 1. The number of nitrogens with zero attached hydrogens (tertiary/aromatic N) is 1. The smallest absolute Gasteiger partial charge is 0.161 e. The minimum atomic E-state index is 0.221. The first kappa shape index (κ1) is 14.2. The minimum Gasteiger partial charge on any atom is -0.493 e. The molecule has 1 heterocycles. The quantitative estimate of drug-likeness (QED) is 0.901. The molecule has 1 saturated heterocycles. The maximum atomic E-state index is 6.27. The van der Waals surface area contributed by atoms with Crippen molar-refractivity contribution in [2.75, 3.05) is 33.9 Å². The van der Waals surface area contributed by atoms with E-state index in [0.717, 1.165) is 31.0 Å². The van der Waals surface area contributed by atoms with Crippen molar-refractivity contribution in [3.05, 3.63) is 23.8 Å². The zero-order valence-electron chi connectivity index (χ0n) is 12.1. The molecule has 1 aliphatic rings. The Balaban J connectivity index is 2.26. The molecule has 0 spiro atoms. The zero-order chi connectivity index (χ0) is 13.8. The number of ether oxygens (including phenoxy) is 2. The van der Waals surface area contributed by atoms with Gasteiger partial charge >= 0.3 is 0 Å². The summed E-state index contributed by atoms with van der Waals surface area (Å²) in [6.45, 7) is 4.69. The fourth-order valence-electron chi connectivity index (χ4n) is 2.68. The van der Waals surface area contributed by atoms with Crippen molar-refractivity contribution in [3.8, 4) is 11.5 Å². The molecule has 0 amide bonds. The third kappa shape index (κ3) is 3.19. The van der Waals surface area contributed by atoms with E-state index in [4.69, 9.17) is 15.2 Å². The summed E-state index contributed by atoms with van der Waals surface area (Å²) in [5, 5.41) is 0. The lowest BCUT2D eigenvalue weighted by Gasteiger charge is -2.35. The second-order valence-corrected chi connectivity index (χ2v) is 5.16. The van der Waals surface area contributed by atoms with Crippen LogP contribution in [0.25, 0.3) is 0 Å². The second kappa shape index (κ2) is 6.26. The summed E-state index contributed by atoms with van der Waals surface area (Å²) in [5.41, 5.74) is 7.51. The van der Waals surface area contributed by atoms with Gasteiger partial charge in [0.05, 0.1) is 13.7 Å². The van der Waals surface area contributed by atoms with Gasteiger partial charge in [-0.2, -0.15) is 0 Å². The number of piperidine rings is 1.